The summed E-state index contributed by atoms with van der Waals surface area (Å²) in [6, 6.07) is 4.59. The van der Waals surface area contributed by atoms with Gasteiger partial charge in [0.05, 0.1) is 10.2 Å². The molecule has 2 heterocycles. The van der Waals surface area contributed by atoms with Crippen LogP contribution >= 0.6 is 27.3 Å². The number of carboxylic acid groups (broad SMARTS) is 1. The molecule has 0 amide bonds. The van der Waals surface area contributed by atoms with Crippen LogP contribution in [0.2, 0.25) is 0 Å². The molecule has 1 saturated heterocycles. The lowest BCUT2D eigenvalue weighted by Crippen LogP contribution is -2.48. The standard InChI is InChI=1S/C11H14BrNO2S/c1-7(9-2-3-10(12)16-9)13-5-8(6-13)4-11(14)15/h2-3,7-8H,4-6H2,1H3,(H,14,15). The Morgan fingerprint density at radius 2 is 2.38 bits per heavy atom. The quantitative estimate of drug-likeness (QED) is 0.929. The van der Waals surface area contributed by atoms with Crippen LogP contribution in [0.25, 0.3) is 0 Å². The highest BCUT2D eigenvalue weighted by Gasteiger charge is 2.32. The second-order valence-electron chi connectivity index (χ2n) is 4.24. The van der Waals surface area contributed by atoms with E-state index in [2.05, 4.69) is 39.9 Å². The number of aliphatic carboxylic acids is 1. The molecular weight excluding hydrogens is 290 g/mol. The molecule has 1 N–H and O–H groups in total. The van der Waals surface area contributed by atoms with Crippen molar-refractivity contribution in [1.29, 1.82) is 0 Å². The van der Waals surface area contributed by atoms with Gasteiger partial charge in [-0.05, 0) is 40.9 Å². The molecule has 0 saturated carbocycles. The summed E-state index contributed by atoms with van der Waals surface area (Å²) in [5, 5.41) is 8.67. The average molecular weight is 304 g/mol. The first kappa shape index (κ1) is 12.1. The number of carbonyl (C=O) groups is 1. The minimum atomic E-state index is -0.684. The van der Waals surface area contributed by atoms with Crippen molar-refractivity contribution in [2.75, 3.05) is 13.1 Å². The van der Waals surface area contributed by atoms with Crippen LogP contribution in [0, 0.1) is 5.92 Å². The van der Waals surface area contributed by atoms with Crippen LogP contribution in [0.5, 0.6) is 0 Å². The minimum absolute atomic E-state index is 0.303. The maximum atomic E-state index is 10.5. The lowest BCUT2D eigenvalue weighted by molar-refractivity contribution is -0.139. The minimum Gasteiger partial charge on any atom is -0.481 e. The largest absolute Gasteiger partial charge is 0.481 e. The van der Waals surface area contributed by atoms with Crippen molar-refractivity contribution >= 4 is 33.2 Å². The topological polar surface area (TPSA) is 40.5 Å². The summed E-state index contributed by atoms with van der Waals surface area (Å²) in [4.78, 5) is 14.2. The first-order valence-corrected chi connectivity index (χ1v) is 6.88. The van der Waals surface area contributed by atoms with Gasteiger partial charge in [0.1, 0.15) is 0 Å². The number of likely N-dealkylation sites (tertiary alicyclic amines) is 1. The lowest BCUT2D eigenvalue weighted by atomic mass is 9.94. The normalized spacial score (nSPS) is 19.4. The summed E-state index contributed by atoms with van der Waals surface area (Å²) in [7, 11) is 0. The fraction of sp³-hybridized carbons (Fsp3) is 0.545. The van der Waals surface area contributed by atoms with Crippen LogP contribution < -0.4 is 0 Å². The molecule has 1 unspecified atom stereocenters. The molecule has 1 aliphatic rings. The highest BCUT2D eigenvalue weighted by molar-refractivity contribution is 9.11. The SMILES string of the molecule is CC(c1ccc(Br)s1)N1CC(CC(=O)O)C1. The van der Waals surface area contributed by atoms with Crippen molar-refractivity contribution in [2.24, 2.45) is 5.92 Å². The highest BCUT2D eigenvalue weighted by atomic mass is 79.9. The molecule has 88 valence electrons. The number of hydrogen-bond acceptors (Lipinski definition) is 3. The van der Waals surface area contributed by atoms with E-state index in [1.165, 1.54) is 4.88 Å². The van der Waals surface area contributed by atoms with Crippen LogP contribution in [0.4, 0.5) is 0 Å². The van der Waals surface area contributed by atoms with Gasteiger partial charge in [0, 0.05) is 24.0 Å². The smallest absolute Gasteiger partial charge is 0.303 e. The van der Waals surface area contributed by atoms with Gasteiger partial charge >= 0.3 is 5.97 Å². The molecular formula is C11H14BrNO2S. The molecule has 0 bridgehead atoms. The molecule has 0 aromatic carbocycles. The van der Waals surface area contributed by atoms with Crippen molar-refractivity contribution in [3.05, 3.63) is 20.8 Å². The van der Waals surface area contributed by atoms with Gasteiger partial charge in [-0.25, -0.2) is 0 Å². The molecule has 16 heavy (non-hydrogen) atoms. The summed E-state index contributed by atoms with van der Waals surface area (Å²) in [5.41, 5.74) is 0. The van der Waals surface area contributed by atoms with E-state index in [1.54, 1.807) is 11.3 Å². The fourth-order valence-electron chi connectivity index (χ4n) is 2.03. The van der Waals surface area contributed by atoms with Crippen LogP contribution in [0.1, 0.15) is 24.3 Å². The Kier molecular flexibility index (Phi) is 3.66. The molecule has 3 nitrogen and oxygen atoms in total. The molecule has 1 aromatic heterocycles. The molecule has 2 rings (SSSR count). The van der Waals surface area contributed by atoms with Gasteiger partial charge in [0.2, 0.25) is 0 Å². The summed E-state index contributed by atoms with van der Waals surface area (Å²) >= 11 is 5.20. The number of thiophene rings is 1. The molecule has 1 fully saturated rings. The van der Waals surface area contributed by atoms with E-state index in [0.717, 1.165) is 16.9 Å². The molecule has 5 heteroatoms. The number of halogens is 1. The van der Waals surface area contributed by atoms with Crippen LogP contribution in [0.3, 0.4) is 0 Å². The van der Waals surface area contributed by atoms with Gasteiger partial charge in [-0.3, -0.25) is 9.69 Å². The molecule has 1 aliphatic heterocycles. The fourth-order valence-corrected chi connectivity index (χ4v) is 3.54. The average Bonchev–Trinajstić information content (AvgIpc) is 2.56. The number of carboxylic acids is 1. The number of hydrogen-bond donors (Lipinski definition) is 1. The van der Waals surface area contributed by atoms with Gasteiger partial charge in [-0.2, -0.15) is 0 Å². The van der Waals surface area contributed by atoms with Crippen molar-refractivity contribution in [1.82, 2.24) is 4.90 Å². The van der Waals surface area contributed by atoms with Gasteiger partial charge in [-0.1, -0.05) is 0 Å². The van der Waals surface area contributed by atoms with E-state index in [4.69, 9.17) is 5.11 Å². The van der Waals surface area contributed by atoms with Gasteiger partial charge in [0.25, 0.3) is 0 Å². The monoisotopic (exact) mass is 303 g/mol. The zero-order valence-electron chi connectivity index (χ0n) is 9.02. The van der Waals surface area contributed by atoms with Crippen LogP contribution in [0.15, 0.2) is 15.9 Å². The second-order valence-corrected chi connectivity index (χ2v) is 6.73. The van der Waals surface area contributed by atoms with Crippen molar-refractivity contribution < 1.29 is 9.90 Å². The van der Waals surface area contributed by atoms with E-state index < -0.39 is 5.97 Å². The van der Waals surface area contributed by atoms with Crippen molar-refractivity contribution in [3.63, 3.8) is 0 Å². The van der Waals surface area contributed by atoms with Crippen LogP contribution in [-0.2, 0) is 4.79 Å². The maximum absolute atomic E-state index is 10.5. The molecule has 0 radical (unpaired) electrons. The van der Waals surface area contributed by atoms with E-state index >= 15 is 0 Å². The Morgan fingerprint density at radius 1 is 1.69 bits per heavy atom. The first-order valence-electron chi connectivity index (χ1n) is 5.27. The maximum Gasteiger partial charge on any atom is 0.303 e. The van der Waals surface area contributed by atoms with E-state index in [1.807, 2.05) is 0 Å². The first-order chi connectivity index (χ1) is 7.56. The Labute approximate surface area is 107 Å². The van der Waals surface area contributed by atoms with Crippen LogP contribution in [-0.4, -0.2) is 29.1 Å². The third-order valence-corrected chi connectivity index (χ3v) is 4.80. The zero-order valence-corrected chi connectivity index (χ0v) is 11.4. The lowest BCUT2D eigenvalue weighted by Gasteiger charge is -2.42. The van der Waals surface area contributed by atoms with Gasteiger partial charge in [0.15, 0.2) is 0 Å². The molecule has 1 aromatic rings. The Hall–Kier alpha value is -0.390. The second kappa shape index (κ2) is 4.85. The summed E-state index contributed by atoms with van der Waals surface area (Å²) in [6.07, 6.45) is 0.303. The summed E-state index contributed by atoms with van der Waals surface area (Å²) in [6.45, 7) is 3.99. The Balaban J connectivity index is 1.85. The zero-order chi connectivity index (χ0) is 11.7. The van der Waals surface area contributed by atoms with Crippen molar-refractivity contribution in [3.8, 4) is 0 Å². The third kappa shape index (κ3) is 2.64. The van der Waals surface area contributed by atoms with E-state index in [-0.39, 0.29) is 0 Å². The van der Waals surface area contributed by atoms with Crippen molar-refractivity contribution in [2.45, 2.75) is 19.4 Å². The number of nitrogens with zero attached hydrogens (tertiary/aromatic N) is 1. The van der Waals surface area contributed by atoms with Gasteiger partial charge < -0.3 is 5.11 Å². The van der Waals surface area contributed by atoms with E-state index in [9.17, 15) is 4.79 Å². The van der Waals surface area contributed by atoms with Gasteiger partial charge in [-0.15, -0.1) is 11.3 Å². The summed E-state index contributed by atoms with van der Waals surface area (Å²) in [5.74, 6) is -0.348. The molecule has 1 atom stereocenters. The Morgan fingerprint density at radius 3 is 2.88 bits per heavy atom. The predicted octanol–water partition coefficient (Wildman–Crippen LogP) is 2.98. The predicted molar refractivity (Wildman–Crippen MR) is 67.7 cm³/mol. The number of rotatable bonds is 4. The highest BCUT2D eigenvalue weighted by Crippen LogP contribution is 2.34. The Bertz CT molecular complexity index is 387. The van der Waals surface area contributed by atoms with E-state index in [0.29, 0.717) is 18.4 Å². The summed E-state index contributed by atoms with van der Waals surface area (Å²) < 4.78 is 1.15. The molecule has 0 spiro atoms. The molecule has 0 aliphatic carbocycles. The third-order valence-electron chi connectivity index (χ3n) is 3.00.